The molecule has 0 aliphatic heterocycles. The lowest BCUT2D eigenvalue weighted by Gasteiger charge is -2.25. The summed E-state index contributed by atoms with van der Waals surface area (Å²) in [6.07, 6.45) is 2.21. The zero-order chi connectivity index (χ0) is 14.8. The maximum atomic E-state index is 6.62. The van der Waals surface area contributed by atoms with Gasteiger partial charge in [0.05, 0.1) is 5.38 Å². The molecule has 0 fully saturated rings. The van der Waals surface area contributed by atoms with Crippen LogP contribution in [-0.4, -0.2) is 0 Å². The molecule has 0 bridgehead atoms. The fraction of sp³-hybridized carbons (Fsp3) is 0.647. The second-order valence-corrected chi connectivity index (χ2v) is 7.97. The van der Waals surface area contributed by atoms with Gasteiger partial charge in [-0.2, -0.15) is 0 Å². The van der Waals surface area contributed by atoms with E-state index in [1.807, 2.05) is 13.0 Å². The van der Waals surface area contributed by atoms with Crippen molar-refractivity contribution in [1.29, 1.82) is 0 Å². The Kier molecular flexibility index (Phi) is 5.77. The number of hydrogen-bond acceptors (Lipinski definition) is 0. The molecule has 2 unspecified atom stereocenters. The molecule has 0 saturated heterocycles. The van der Waals surface area contributed by atoms with Crippen molar-refractivity contribution in [1.82, 2.24) is 0 Å². The van der Waals surface area contributed by atoms with E-state index in [9.17, 15) is 0 Å². The van der Waals surface area contributed by atoms with Crippen molar-refractivity contribution in [2.45, 2.75) is 59.8 Å². The van der Waals surface area contributed by atoms with Crippen LogP contribution in [-0.2, 0) is 0 Å². The van der Waals surface area contributed by atoms with Gasteiger partial charge in [0.15, 0.2) is 0 Å². The van der Waals surface area contributed by atoms with Crippen LogP contribution in [0.3, 0.4) is 0 Å². The van der Waals surface area contributed by atoms with E-state index in [1.54, 1.807) is 0 Å². The van der Waals surface area contributed by atoms with Gasteiger partial charge < -0.3 is 0 Å². The molecule has 1 aromatic rings. The number of aryl methyl sites for hydroxylation is 2. The van der Waals surface area contributed by atoms with Crippen molar-refractivity contribution >= 4 is 23.2 Å². The average Bonchev–Trinajstić information content (AvgIpc) is 2.20. The van der Waals surface area contributed by atoms with Gasteiger partial charge in [0, 0.05) is 5.02 Å². The van der Waals surface area contributed by atoms with Crippen molar-refractivity contribution in [3.05, 3.63) is 33.8 Å². The predicted octanol–water partition coefficient (Wildman–Crippen LogP) is 6.70. The first-order chi connectivity index (χ1) is 8.60. The van der Waals surface area contributed by atoms with E-state index in [4.69, 9.17) is 23.2 Å². The van der Waals surface area contributed by atoms with Gasteiger partial charge in [0.2, 0.25) is 0 Å². The Labute approximate surface area is 128 Å². The third kappa shape index (κ3) is 5.36. The largest absolute Gasteiger partial charge is 0.118 e. The maximum absolute atomic E-state index is 6.62. The first-order valence-electron chi connectivity index (χ1n) is 7.01. The van der Waals surface area contributed by atoms with Crippen LogP contribution in [0.5, 0.6) is 0 Å². The van der Waals surface area contributed by atoms with Gasteiger partial charge in [-0.25, -0.2) is 0 Å². The summed E-state index contributed by atoms with van der Waals surface area (Å²) in [4.78, 5) is 0. The molecule has 108 valence electrons. The van der Waals surface area contributed by atoms with Gasteiger partial charge in [-0.3, -0.25) is 0 Å². The molecule has 0 spiro atoms. The van der Waals surface area contributed by atoms with E-state index in [2.05, 4.69) is 40.7 Å². The van der Waals surface area contributed by atoms with Crippen LogP contribution >= 0.6 is 23.2 Å². The van der Waals surface area contributed by atoms with E-state index in [1.165, 1.54) is 17.5 Å². The minimum Gasteiger partial charge on any atom is -0.118 e. The summed E-state index contributed by atoms with van der Waals surface area (Å²) in [5, 5.41) is 0.904. The van der Waals surface area contributed by atoms with Crippen LogP contribution in [0, 0.1) is 25.2 Å². The Bertz CT molecular complexity index is 430. The van der Waals surface area contributed by atoms with Gasteiger partial charge >= 0.3 is 0 Å². The molecular weight excluding hydrogens is 275 g/mol. The van der Waals surface area contributed by atoms with Crippen molar-refractivity contribution < 1.29 is 0 Å². The molecule has 19 heavy (non-hydrogen) atoms. The molecule has 0 aromatic heterocycles. The molecule has 0 N–H and O–H groups in total. The van der Waals surface area contributed by atoms with Gasteiger partial charge in [-0.1, -0.05) is 45.4 Å². The third-order valence-corrected chi connectivity index (χ3v) is 4.28. The van der Waals surface area contributed by atoms with E-state index < -0.39 is 0 Å². The molecule has 0 saturated carbocycles. The van der Waals surface area contributed by atoms with Gasteiger partial charge in [-0.05, 0) is 60.8 Å². The highest BCUT2D eigenvalue weighted by atomic mass is 35.5. The second-order valence-electron chi connectivity index (χ2n) is 7.03. The summed E-state index contributed by atoms with van der Waals surface area (Å²) in [7, 11) is 0. The lowest BCUT2D eigenvalue weighted by Crippen LogP contribution is -2.12. The zero-order valence-corrected chi connectivity index (χ0v) is 14.5. The van der Waals surface area contributed by atoms with Crippen molar-refractivity contribution in [2.24, 2.45) is 11.3 Å². The molecule has 1 aromatic carbocycles. The highest BCUT2D eigenvalue weighted by Gasteiger charge is 2.20. The van der Waals surface area contributed by atoms with Crippen LogP contribution in [0.15, 0.2) is 12.1 Å². The monoisotopic (exact) mass is 300 g/mol. The van der Waals surface area contributed by atoms with Crippen LogP contribution in [0.1, 0.15) is 62.6 Å². The highest BCUT2D eigenvalue weighted by Crippen LogP contribution is 2.36. The Morgan fingerprint density at radius 3 is 2.21 bits per heavy atom. The van der Waals surface area contributed by atoms with Crippen molar-refractivity contribution in [3.8, 4) is 0 Å². The summed E-state index contributed by atoms with van der Waals surface area (Å²) in [5.74, 6) is 0.623. The van der Waals surface area contributed by atoms with Crippen LogP contribution in [0.4, 0.5) is 0 Å². The molecule has 2 heteroatoms. The summed E-state index contributed by atoms with van der Waals surface area (Å²) < 4.78 is 0. The van der Waals surface area contributed by atoms with Crippen LogP contribution in [0.25, 0.3) is 0 Å². The lowest BCUT2D eigenvalue weighted by atomic mass is 9.83. The number of hydrogen-bond donors (Lipinski definition) is 0. The number of alkyl halides is 1. The highest BCUT2D eigenvalue weighted by molar-refractivity contribution is 6.31. The number of benzene rings is 1. The molecule has 1 rings (SSSR count). The first kappa shape index (κ1) is 16.9. The van der Waals surface area contributed by atoms with E-state index in [0.717, 1.165) is 17.0 Å². The summed E-state index contributed by atoms with van der Waals surface area (Å²) >= 11 is 12.8. The summed E-state index contributed by atoms with van der Waals surface area (Å²) in [5.41, 5.74) is 3.89. The third-order valence-electron chi connectivity index (χ3n) is 3.45. The van der Waals surface area contributed by atoms with E-state index in [-0.39, 0.29) is 5.38 Å². The fourth-order valence-corrected chi connectivity index (χ4v) is 3.51. The minimum atomic E-state index is 0.0771. The molecular formula is C17H26Cl2. The Hall–Kier alpha value is -0.200. The minimum absolute atomic E-state index is 0.0771. The normalized spacial score (nSPS) is 15.4. The van der Waals surface area contributed by atoms with Crippen LogP contribution < -0.4 is 0 Å². The van der Waals surface area contributed by atoms with Crippen molar-refractivity contribution in [2.75, 3.05) is 0 Å². The Morgan fingerprint density at radius 2 is 1.68 bits per heavy atom. The first-order valence-corrected chi connectivity index (χ1v) is 7.82. The molecule has 2 atom stereocenters. The van der Waals surface area contributed by atoms with Crippen molar-refractivity contribution in [3.63, 3.8) is 0 Å². The van der Waals surface area contributed by atoms with Crippen LogP contribution in [0.2, 0.25) is 5.02 Å². The molecule has 0 amide bonds. The van der Waals surface area contributed by atoms with Gasteiger partial charge in [-0.15, -0.1) is 11.6 Å². The Morgan fingerprint density at radius 1 is 1.11 bits per heavy atom. The molecule has 0 aliphatic rings. The van der Waals surface area contributed by atoms with Gasteiger partial charge in [0.25, 0.3) is 0 Å². The van der Waals surface area contributed by atoms with Gasteiger partial charge in [0.1, 0.15) is 0 Å². The molecule has 0 nitrogen and oxygen atoms in total. The predicted molar refractivity (Wildman–Crippen MR) is 87.4 cm³/mol. The summed E-state index contributed by atoms with van der Waals surface area (Å²) in [6.45, 7) is 13.3. The quantitative estimate of drug-likeness (QED) is 0.543. The SMILES string of the molecule is Cc1cc(C(Cl)CC(C)CC(C)(C)C)c(C)cc1Cl. The maximum Gasteiger partial charge on any atom is 0.0590 e. The Balaban J connectivity index is 2.78. The zero-order valence-electron chi connectivity index (χ0n) is 13.0. The second kappa shape index (κ2) is 6.50. The standard InChI is InChI=1S/C17H26Cl2/c1-11(10-17(4,5)6)7-16(19)14-8-13(3)15(18)9-12(14)2/h8-9,11,16H,7,10H2,1-6H3. The average molecular weight is 301 g/mol. The topological polar surface area (TPSA) is 0 Å². The fourth-order valence-electron chi connectivity index (χ4n) is 2.75. The smallest absolute Gasteiger partial charge is 0.0590 e. The molecule has 0 aliphatic carbocycles. The molecule has 0 radical (unpaired) electrons. The number of halogens is 2. The molecule has 0 heterocycles. The lowest BCUT2D eigenvalue weighted by molar-refractivity contribution is 0.295. The summed E-state index contributed by atoms with van der Waals surface area (Å²) in [6, 6.07) is 4.16. The number of rotatable bonds is 4. The van der Waals surface area contributed by atoms with E-state index in [0.29, 0.717) is 11.3 Å². The van der Waals surface area contributed by atoms with E-state index >= 15 is 0 Å².